The summed E-state index contributed by atoms with van der Waals surface area (Å²) in [6.45, 7) is 0. The maximum Gasteiger partial charge on any atom is 0.147 e. The molecule has 20 heavy (non-hydrogen) atoms. The average molecular weight is 264 g/mol. The summed E-state index contributed by atoms with van der Waals surface area (Å²) >= 11 is 0. The van der Waals surface area contributed by atoms with Gasteiger partial charge in [0.2, 0.25) is 0 Å². The normalized spacial score (nSPS) is 11.0. The van der Waals surface area contributed by atoms with Gasteiger partial charge in [-0.25, -0.2) is 4.98 Å². The van der Waals surface area contributed by atoms with Crippen LogP contribution in [0.3, 0.4) is 0 Å². The van der Waals surface area contributed by atoms with Crippen LogP contribution in [-0.2, 0) is 0 Å². The van der Waals surface area contributed by atoms with Crippen LogP contribution in [0.15, 0.2) is 59.8 Å². The minimum Gasteiger partial charge on any atom is -0.506 e. The largest absolute Gasteiger partial charge is 0.506 e. The lowest BCUT2D eigenvalue weighted by molar-refractivity contribution is 0.480. The summed E-state index contributed by atoms with van der Waals surface area (Å²) in [6, 6.07) is 14.5. The molecule has 0 saturated carbocycles. The second-order valence-electron chi connectivity index (χ2n) is 4.17. The Balaban J connectivity index is 1.81. The van der Waals surface area contributed by atoms with Gasteiger partial charge in [-0.2, -0.15) is 5.10 Å². The number of fused-ring (bicyclic) bond motifs is 1. The lowest BCUT2D eigenvalue weighted by atomic mass is 10.2. The van der Waals surface area contributed by atoms with E-state index in [0.29, 0.717) is 11.3 Å². The van der Waals surface area contributed by atoms with Gasteiger partial charge in [0.05, 0.1) is 11.9 Å². The van der Waals surface area contributed by atoms with Crippen LogP contribution < -0.4 is 5.43 Å². The van der Waals surface area contributed by atoms with Gasteiger partial charge in [-0.15, -0.1) is 0 Å². The molecule has 1 aromatic carbocycles. The number of phenolic OH excluding ortho intramolecular Hbond substituents is 1. The van der Waals surface area contributed by atoms with E-state index in [9.17, 15) is 5.11 Å². The molecule has 5 heteroatoms. The number of para-hydroxylation sites is 1. The third-order valence-corrected chi connectivity index (χ3v) is 2.76. The van der Waals surface area contributed by atoms with Crippen LogP contribution in [-0.4, -0.2) is 21.3 Å². The molecule has 5 nitrogen and oxygen atoms in total. The number of rotatable bonds is 3. The molecule has 0 aliphatic rings. The van der Waals surface area contributed by atoms with E-state index in [0.717, 1.165) is 11.1 Å². The zero-order chi connectivity index (χ0) is 13.8. The van der Waals surface area contributed by atoms with Gasteiger partial charge in [-0.1, -0.05) is 18.2 Å². The quantitative estimate of drug-likeness (QED) is 0.563. The first-order chi connectivity index (χ1) is 9.83. The molecular formula is C15H12N4O. The summed E-state index contributed by atoms with van der Waals surface area (Å²) in [4.78, 5) is 8.43. The first-order valence-corrected chi connectivity index (χ1v) is 6.12. The van der Waals surface area contributed by atoms with Crippen molar-refractivity contribution in [2.45, 2.75) is 0 Å². The molecule has 98 valence electrons. The number of benzene rings is 1. The van der Waals surface area contributed by atoms with Crippen LogP contribution in [0.25, 0.3) is 10.9 Å². The Labute approximate surface area is 115 Å². The zero-order valence-corrected chi connectivity index (χ0v) is 10.6. The monoisotopic (exact) mass is 264 g/mol. The Morgan fingerprint density at radius 1 is 1.05 bits per heavy atom. The topological polar surface area (TPSA) is 70.4 Å². The predicted molar refractivity (Wildman–Crippen MR) is 78.9 cm³/mol. The summed E-state index contributed by atoms with van der Waals surface area (Å²) in [5.74, 6) is 0.714. The Hall–Kier alpha value is -2.95. The fourth-order valence-electron chi connectivity index (χ4n) is 1.81. The van der Waals surface area contributed by atoms with Crippen molar-refractivity contribution < 1.29 is 5.11 Å². The third-order valence-electron chi connectivity index (χ3n) is 2.76. The molecule has 0 fully saturated rings. The van der Waals surface area contributed by atoms with Crippen LogP contribution >= 0.6 is 0 Å². The number of hydrogen-bond donors (Lipinski definition) is 2. The van der Waals surface area contributed by atoms with Gasteiger partial charge in [0.1, 0.15) is 17.1 Å². The number of hydrogen-bond acceptors (Lipinski definition) is 5. The van der Waals surface area contributed by atoms with Gasteiger partial charge < -0.3 is 5.11 Å². The standard InChI is InChI=1S/C15H12N4O/c20-13-6-3-4-11-7-8-14(18-15(11)13)19-17-10-12-5-1-2-9-16-12/h1-10,20H,(H,18,19)/b17-10+. The fraction of sp³-hybridized carbons (Fsp3) is 0. The van der Waals surface area contributed by atoms with Crippen LogP contribution in [0.2, 0.25) is 0 Å². The SMILES string of the molecule is Oc1cccc2ccc(N/N=C/c3ccccn3)nc12. The van der Waals surface area contributed by atoms with E-state index in [1.165, 1.54) is 0 Å². The first kappa shape index (κ1) is 12.1. The zero-order valence-electron chi connectivity index (χ0n) is 10.6. The number of hydrazone groups is 1. The van der Waals surface area contributed by atoms with Gasteiger partial charge in [-0.3, -0.25) is 10.4 Å². The molecule has 2 aromatic heterocycles. The van der Waals surface area contributed by atoms with Crippen molar-refractivity contribution in [1.29, 1.82) is 0 Å². The van der Waals surface area contributed by atoms with E-state index >= 15 is 0 Å². The minimum atomic E-state index is 0.153. The molecule has 0 unspecified atom stereocenters. The number of aromatic nitrogens is 2. The van der Waals surface area contributed by atoms with Crippen LogP contribution in [0.5, 0.6) is 5.75 Å². The summed E-state index contributed by atoms with van der Waals surface area (Å²) in [5.41, 5.74) is 4.12. The highest BCUT2D eigenvalue weighted by atomic mass is 16.3. The van der Waals surface area contributed by atoms with Crippen molar-refractivity contribution in [2.24, 2.45) is 5.10 Å². The van der Waals surface area contributed by atoms with E-state index in [1.54, 1.807) is 30.6 Å². The molecule has 0 spiro atoms. The Morgan fingerprint density at radius 3 is 2.85 bits per heavy atom. The maximum absolute atomic E-state index is 9.76. The van der Waals surface area contributed by atoms with Crippen molar-refractivity contribution >= 4 is 22.9 Å². The molecular weight excluding hydrogens is 252 g/mol. The number of aromatic hydroxyl groups is 1. The Bertz CT molecular complexity index is 756. The van der Waals surface area contributed by atoms with Crippen molar-refractivity contribution in [3.05, 3.63) is 60.4 Å². The fourth-order valence-corrected chi connectivity index (χ4v) is 1.81. The van der Waals surface area contributed by atoms with Gasteiger partial charge in [0.25, 0.3) is 0 Å². The maximum atomic E-state index is 9.76. The minimum absolute atomic E-state index is 0.153. The highest BCUT2D eigenvalue weighted by Crippen LogP contribution is 2.23. The first-order valence-electron chi connectivity index (χ1n) is 6.12. The van der Waals surface area contributed by atoms with Crippen molar-refractivity contribution in [3.8, 4) is 5.75 Å². The van der Waals surface area contributed by atoms with Crippen molar-refractivity contribution in [1.82, 2.24) is 9.97 Å². The Kier molecular flexibility index (Phi) is 3.24. The second-order valence-corrected chi connectivity index (χ2v) is 4.17. The summed E-state index contributed by atoms with van der Waals surface area (Å²) in [5, 5.41) is 14.7. The van der Waals surface area contributed by atoms with Crippen molar-refractivity contribution in [3.63, 3.8) is 0 Å². The molecule has 0 aliphatic heterocycles. The highest BCUT2D eigenvalue weighted by Gasteiger charge is 2.01. The molecule has 3 rings (SSSR count). The van der Waals surface area contributed by atoms with E-state index < -0.39 is 0 Å². The molecule has 0 bridgehead atoms. The van der Waals surface area contributed by atoms with E-state index in [-0.39, 0.29) is 5.75 Å². The van der Waals surface area contributed by atoms with E-state index in [2.05, 4.69) is 20.5 Å². The van der Waals surface area contributed by atoms with Crippen molar-refractivity contribution in [2.75, 3.05) is 5.43 Å². The lowest BCUT2D eigenvalue weighted by Crippen LogP contribution is -1.94. The van der Waals surface area contributed by atoms with Crippen LogP contribution in [0.1, 0.15) is 5.69 Å². The summed E-state index contributed by atoms with van der Waals surface area (Å²) < 4.78 is 0. The van der Waals surface area contributed by atoms with Gasteiger partial charge in [0.15, 0.2) is 0 Å². The van der Waals surface area contributed by atoms with Gasteiger partial charge in [-0.05, 0) is 30.3 Å². The number of anilines is 1. The van der Waals surface area contributed by atoms with Gasteiger partial charge >= 0.3 is 0 Å². The smallest absolute Gasteiger partial charge is 0.147 e. The lowest BCUT2D eigenvalue weighted by Gasteiger charge is -2.03. The average Bonchev–Trinajstić information content (AvgIpc) is 2.49. The predicted octanol–water partition coefficient (Wildman–Crippen LogP) is 2.78. The van der Waals surface area contributed by atoms with Crippen LogP contribution in [0, 0.1) is 0 Å². The van der Waals surface area contributed by atoms with Gasteiger partial charge in [0, 0.05) is 11.6 Å². The number of phenols is 1. The molecule has 2 N–H and O–H groups in total. The Morgan fingerprint density at radius 2 is 2.00 bits per heavy atom. The molecule has 0 aliphatic carbocycles. The summed E-state index contributed by atoms with van der Waals surface area (Å²) in [7, 11) is 0. The van der Waals surface area contributed by atoms with Crippen LogP contribution in [0.4, 0.5) is 5.82 Å². The molecule has 0 saturated heterocycles. The molecule has 3 aromatic rings. The second kappa shape index (κ2) is 5.36. The third kappa shape index (κ3) is 2.56. The number of nitrogens with zero attached hydrogens (tertiary/aromatic N) is 3. The number of nitrogens with one attached hydrogen (secondary N) is 1. The van der Waals surface area contributed by atoms with E-state index in [1.807, 2.05) is 30.3 Å². The molecule has 2 heterocycles. The highest BCUT2D eigenvalue weighted by molar-refractivity contribution is 5.85. The number of pyridine rings is 2. The molecule has 0 amide bonds. The summed E-state index contributed by atoms with van der Waals surface area (Å²) in [6.07, 6.45) is 3.31. The molecule has 0 atom stereocenters. The van der Waals surface area contributed by atoms with E-state index in [4.69, 9.17) is 0 Å². The molecule has 0 radical (unpaired) electrons.